The van der Waals surface area contributed by atoms with Crippen LogP contribution in [0.25, 0.3) is 6.08 Å². The van der Waals surface area contributed by atoms with Crippen LogP contribution in [0.4, 0.5) is 5.00 Å². The van der Waals surface area contributed by atoms with Crippen molar-refractivity contribution in [3.8, 4) is 5.75 Å². The Hall–Kier alpha value is -2.60. The zero-order valence-electron chi connectivity index (χ0n) is 16.2. The number of aryl methyl sites for hydroxylation is 1. The predicted octanol–water partition coefficient (Wildman–Crippen LogP) is 4.85. The Kier molecular flexibility index (Phi) is 6.87. The predicted molar refractivity (Wildman–Crippen MR) is 112 cm³/mol. The average Bonchev–Trinajstić information content (AvgIpc) is 3.05. The van der Waals surface area contributed by atoms with Crippen LogP contribution in [0.15, 0.2) is 30.3 Å². The van der Waals surface area contributed by atoms with Gasteiger partial charge in [0.1, 0.15) is 10.8 Å². The first-order valence-electron chi connectivity index (χ1n) is 9.66. The first-order valence-corrected chi connectivity index (χ1v) is 10.5. The smallest absolute Gasteiger partial charge is 0.341 e. The third kappa shape index (κ3) is 4.62. The van der Waals surface area contributed by atoms with Crippen molar-refractivity contribution in [2.75, 3.05) is 18.5 Å². The summed E-state index contributed by atoms with van der Waals surface area (Å²) < 4.78 is 10.8. The third-order valence-electron chi connectivity index (χ3n) is 4.52. The van der Waals surface area contributed by atoms with E-state index in [1.54, 1.807) is 13.0 Å². The Balaban J connectivity index is 1.80. The molecule has 1 aromatic carbocycles. The number of hydrogen-bond acceptors (Lipinski definition) is 5. The molecule has 1 aliphatic carbocycles. The second-order valence-corrected chi connectivity index (χ2v) is 7.53. The van der Waals surface area contributed by atoms with Crippen molar-refractivity contribution in [1.29, 1.82) is 0 Å². The van der Waals surface area contributed by atoms with Crippen LogP contribution < -0.4 is 10.1 Å². The Bertz CT molecular complexity index is 885. The Morgan fingerprint density at radius 2 is 1.93 bits per heavy atom. The van der Waals surface area contributed by atoms with Crippen molar-refractivity contribution in [3.63, 3.8) is 0 Å². The number of fused-ring (bicyclic) bond motifs is 1. The molecule has 0 atom stereocenters. The number of para-hydroxylation sites is 1. The molecule has 3 rings (SSSR count). The lowest BCUT2D eigenvalue weighted by Gasteiger charge is -2.12. The van der Waals surface area contributed by atoms with Gasteiger partial charge >= 0.3 is 5.97 Å². The van der Waals surface area contributed by atoms with Crippen molar-refractivity contribution >= 4 is 34.3 Å². The lowest BCUT2D eigenvalue weighted by molar-refractivity contribution is -0.111. The molecule has 0 bridgehead atoms. The van der Waals surface area contributed by atoms with E-state index in [0.29, 0.717) is 23.8 Å². The number of amides is 1. The lowest BCUT2D eigenvalue weighted by Crippen LogP contribution is -2.14. The monoisotopic (exact) mass is 399 g/mol. The van der Waals surface area contributed by atoms with Crippen molar-refractivity contribution in [2.24, 2.45) is 0 Å². The molecule has 1 amide bonds. The van der Waals surface area contributed by atoms with Crippen molar-refractivity contribution in [2.45, 2.75) is 39.5 Å². The number of thiophene rings is 1. The highest BCUT2D eigenvalue weighted by molar-refractivity contribution is 7.17. The van der Waals surface area contributed by atoms with Gasteiger partial charge in [-0.1, -0.05) is 18.2 Å². The first-order chi connectivity index (χ1) is 13.6. The average molecular weight is 400 g/mol. The summed E-state index contributed by atoms with van der Waals surface area (Å²) in [4.78, 5) is 26.2. The summed E-state index contributed by atoms with van der Waals surface area (Å²) in [5.41, 5.74) is 2.39. The van der Waals surface area contributed by atoms with Gasteiger partial charge in [0.25, 0.3) is 0 Å². The van der Waals surface area contributed by atoms with Crippen LogP contribution in [-0.2, 0) is 22.4 Å². The van der Waals surface area contributed by atoms with Gasteiger partial charge in [-0.3, -0.25) is 4.79 Å². The number of rotatable bonds is 7. The molecule has 1 heterocycles. The van der Waals surface area contributed by atoms with Gasteiger partial charge in [-0.2, -0.15) is 0 Å². The van der Waals surface area contributed by atoms with Crippen LogP contribution >= 0.6 is 11.3 Å². The van der Waals surface area contributed by atoms with Crippen molar-refractivity contribution < 1.29 is 19.1 Å². The standard InChI is InChI=1S/C22H25NO4S/c1-3-26-17-11-7-5-9-15(17)13-14-19(24)23-21-20(22(25)27-4-2)16-10-6-8-12-18(16)28-21/h5,7,9,11,13-14H,3-4,6,8,10,12H2,1-2H3,(H,23,24)/b14-13+. The summed E-state index contributed by atoms with van der Waals surface area (Å²) in [5.74, 6) is 0.0890. The summed E-state index contributed by atoms with van der Waals surface area (Å²) in [6, 6.07) is 7.55. The largest absolute Gasteiger partial charge is 0.493 e. The van der Waals surface area contributed by atoms with Gasteiger partial charge in [-0.25, -0.2) is 4.79 Å². The maximum Gasteiger partial charge on any atom is 0.341 e. The molecule has 0 aliphatic heterocycles. The normalized spacial score (nSPS) is 13.2. The van der Waals surface area contributed by atoms with Gasteiger partial charge in [-0.05, 0) is 57.2 Å². The SMILES string of the molecule is CCOC(=O)c1c(NC(=O)/C=C/c2ccccc2OCC)sc2c1CCCC2. The minimum absolute atomic E-state index is 0.282. The van der Waals surface area contributed by atoms with E-state index < -0.39 is 0 Å². The fourth-order valence-electron chi connectivity index (χ4n) is 3.30. The maximum atomic E-state index is 12.5. The van der Waals surface area contributed by atoms with E-state index >= 15 is 0 Å². The number of carbonyl (C=O) groups excluding carboxylic acids is 2. The Morgan fingerprint density at radius 3 is 2.71 bits per heavy atom. The molecule has 5 nitrogen and oxygen atoms in total. The zero-order chi connectivity index (χ0) is 19.9. The van der Waals surface area contributed by atoms with Crippen molar-refractivity contribution in [3.05, 3.63) is 51.9 Å². The quantitative estimate of drug-likeness (QED) is 0.534. The van der Waals surface area contributed by atoms with Crippen LogP contribution in [0.1, 0.15) is 53.1 Å². The number of hydrogen-bond donors (Lipinski definition) is 1. The van der Waals surface area contributed by atoms with E-state index in [-0.39, 0.29) is 11.9 Å². The summed E-state index contributed by atoms with van der Waals surface area (Å²) in [6.07, 6.45) is 7.14. The molecule has 28 heavy (non-hydrogen) atoms. The van der Waals surface area contributed by atoms with Crippen LogP contribution in [-0.4, -0.2) is 25.1 Å². The number of ether oxygens (including phenoxy) is 2. The first kappa shape index (κ1) is 20.1. The number of nitrogens with one attached hydrogen (secondary N) is 1. The molecule has 0 saturated carbocycles. The molecule has 0 fully saturated rings. The summed E-state index contributed by atoms with van der Waals surface area (Å²) >= 11 is 1.49. The minimum atomic E-state index is -0.358. The van der Waals surface area contributed by atoms with Gasteiger partial charge in [0.15, 0.2) is 0 Å². The van der Waals surface area contributed by atoms with Gasteiger partial charge < -0.3 is 14.8 Å². The lowest BCUT2D eigenvalue weighted by atomic mass is 9.95. The number of carbonyl (C=O) groups is 2. The van der Waals surface area contributed by atoms with Crippen molar-refractivity contribution in [1.82, 2.24) is 0 Å². The molecule has 0 unspecified atom stereocenters. The molecule has 148 valence electrons. The van der Waals surface area contributed by atoms with E-state index in [9.17, 15) is 9.59 Å². The number of anilines is 1. The van der Waals surface area contributed by atoms with Gasteiger partial charge in [-0.15, -0.1) is 11.3 Å². The molecule has 1 aliphatic rings. The summed E-state index contributed by atoms with van der Waals surface area (Å²) in [5, 5.41) is 3.46. The molecule has 0 spiro atoms. The number of benzene rings is 1. The molecule has 0 radical (unpaired) electrons. The molecule has 1 N–H and O–H groups in total. The topological polar surface area (TPSA) is 64.6 Å². The third-order valence-corrected chi connectivity index (χ3v) is 5.73. The second-order valence-electron chi connectivity index (χ2n) is 6.43. The highest BCUT2D eigenvalue weighted by Gasteiger charge is 2.26. The molecule has 6 heteroatoms. The minimum Gasteiger partial charge on any atom is -0.493 e. The van der Waals surface area contributed by atoms with Crippen LogP contribution in [0.2, 0.25) is 0 Å². The fraction of sp³-hybridized carbons (Fsp3) is 0.364. The van der Waals surface area contributed by atoms with Gasteiger partial charge in [0, 0.05) is 16.5 Å². The maximum absolute atomic E-state index is 12.5. The number of esters is 1. The summed E-state index contributed by atoms with van der Waals surface area (Å²) in [6.45, 7) is 4.57. The van der Waals surface area contributed by atoms with Crippen LogP contribution in [0.3, 0.4) is 0 Å². The molecule has 2 aromatic rings. The van der Waals surface area contributed by atoms with Crippen LogP contribution in [0.5, 0.6) is 5.75 Å². The molecule has 1 aromatic heterocycles. The van der Waals surface area contributed by atoms with E-state index in [2.05, 4.69) is 5.32 Å². The molecular formula is C22H25NO4S. The van der Waals surface area contributed by atoms with Gasteiger partial charge in [0.2, 0.25) is 5.91 Å². The highest BCUT2D eigenvalue weighted by atomic mass is 32.1. The van der Waals surface area contributed by atoms with E-state index in [4.69, 9.17) is 9.47 Å². The Labute approximate surface area is 169 Å². The second kappa shape index (κ2) is 9.55. The summed E-state index contributed by atoms with van der Waals surface area (Å²) in [7, 11) is 0. The molecule has 0 saturated heterocycles. The highest BCUT2D eigenvalue weighted by Crippen LogP contribution is 2.38. The van der Waals surface area contributed by atoms with E-state index in [0.717, 1.165) is 42.6 Å². The molecular weight excluding hydrogens is 374 g/mol. The fourth-order valence-corrected chi connectivity index (χ4v) is 4.58. The van der Waals surface area contributed by atoms with E-state index in [1.807, 2.05) is 31.2 Å². The van der Waals surface area contributed by atoms with E-state index in [1.165, 1.54) is 22.3 Å². The zero-order valence-corrected chi connectivity index (χ0v) is 17.1. The van der Waals surface area contributed by atoms with Crippen LogP contribution in [0, 0.1) is 0 Å². The van der Waals surface area contributed by atoms with Gasteiger partial charge in [0.05, 0.1) is 18.8 Å². The Morgan fingerprint density at radius 1 is 1.14 bits per heavy atom.